The number of benzene rings is 2. The Kier molecular flexibility index (Phi) is 6.71. The van der Waals surface area contributed by atoms with E-state index in [2.05, 4.69) is 4.90 Å². The first-order valence-corrected chi connectivity index (χ1v) is 12.1. The molecular weight excluding hydrogens is 466 g/mol. The second-order valence-electron chi connectivity index (χ2n) is 8.83. The molecule has 10 heteroatoms. The first-order chi connectivity index (χ1) is 17.5. The van der Waals surface area contributed by atoms with E-state index in [4.69, 9.17) is 13.9 Å². The fourth-order valence-corrected chi connectivity index (χ4v) is 4.93. The molecule has 1 atom stereocenters. The van der Waals surface area contributed by atoms with Gasteiger partial charge in [0.2, 0.25) is 5.76 Å². The Morgan fingerprint density at radius 3 is 2.67 bits per heavy atom. The summed E-state index contributed by atoms with van der Waals surface area (Å²) in [5.41, 5.74) is 0.554. The number of rotatable bonds is 8. The number of non-ortho nitro benzene ring substituents is 1. The maximum absolute atomic E-state index is 13.7. The highest BCUT2D eigenvalue weighted by Crippen LogP contribution is 2.39. The highest BCUT2D eigenvalue weighted by Gasteiger charge is 2.42. The van der Waals surface area contributed by atoms with Gasteiger partial charge in [-0.1, -0.05) is 12.1 Å². The molecule has 1 aromatic heterocycles. The predicted octanol–water partition coefficient (Wildman–Crippen LogP) is 3.37. The number of carbonyl (C=O) groups excluding carboxylic acids is 1. The zero-order chi connectivity index (χ0) is 25.2. The Labute approximate surface area is 207 Å². The Morgan fingerprint density at radius 2 is 1.92 bits per heavy atom. The fourth-order valence-electron chi connectivity index (χ4n) is 4.93. The lowest BCUT2D eigenvalue weighted by Gasteiger charge is -2.29. The summed E-state index contributed by atoms with van der Waals surface area (Å²) in [5.74, 6) is 0.115. The molecule has 3 aromatic rings. The van der Waals surface area contributed by atoms with E-state index in [0.717, 1.165) is 19.6 Å². The molecule has 1 amide bonds. The number of nitro benzene ring substituents is 1. The van der Waals surface area contributed by atoms with E-state index in [-0.39, 0.29) is 28.0 Å². The van der Waals surface area contributed by atoms with Crippen molar-refractivity contribution in [1.29, 1.82) is 0 Å². The van der Waals surface area contributed by atoms with Gasteiger partial charge in [0, 0.05) is 44.4 Å². The van der Waals surface area contributed by atoms with Gasteiger partial charge in [-0.3, -0.25) is 24.6 Å². The third-order valence-electron chi connectivity index (χ3n) is 6.62. The summed E-state index contributed by atoms with van der Waals surface area (Å²) in [4.78, 5) is 42.1. The number of hydrogen-bond donors (Lipinski definition) is 0. The Hall–Kier alpha value is -3.76. The molecule has 5 rings (SSSR count). The molecule has 10 nitrogen and oxygen atoms in total. The molecule has 0 saturated carbocycles. The zero-order valence-electron chi connectivity index (χ0n) is 20.0. The maximum Gasteiger partial charge on any atom is 0.290 e. The molecule has 2 aliphatic rings. The van der Waals surface area contributed by atoms with Gasteiger partial charge in [-0.15, -0.1) is 0 Å². The lowest BCUT2D eigenvalue weighted by molar-refractivity contribution is -0.384. The number of ether oxygens (including phenoxy) is 2. The molecule has 0 N–H and O–H groups in total. The van der Waals surface area contributed by atoms with E-state index in [0.29, 0.717) is 49.5 Å². The van der Waals surface area contributed by atoms with Crippen LogP contribution in [0.2, 0.25) is 0 Å². The Balaban J connectivity index is 1.56. The lowest BCUT2D eigenvalue weighted by Crippen LogP contribution is -2.38. The molecule has 0 radical (unpaired) electrons. The summed E-state index contributed by atoms with van der Waals surface area (Å²) in [7, 11) is 0. The summed E-state index contributed by atoms with van der Waals surface area (Å²) >= 11 is 0. The summed E-state index contributed by atoms with van der Waals surface area (Å²) in [6.45, 7) is 6.46. The summed E-state index contributed by atoms with van der Waals surface area (Å²) in [6, 6.07) is 10.2. The largest absolute Gasteiger partial charge is 0.494 e. The van der Waals surface area contributed by atoms with Crippen LogP contribution in [-0.4, -0.2) is 66.6 Å². The third kappa shape index (κ3) is 4.45. The van der Waals surface area contributed by atoms with Crippen molar-refractivity contribution in [1.82, 2.24) is 9.80 Å². The van der Waals surface area contributed by atoms with E-state index >= 15 is 0 Å². The van der Waals surface area contributed by atoms with Gasteiger partial charge in [0.25, 0.3) is 11.6 Å². The first kappa shape index (κ1) is 24.0. The normalized spacial score (nSPS) is 18.0. The van der Waals surface area contributed by atoms with E-state index in [1.54, 1.807) is 35.2 Å². The van der Waals surface area contributed by atoms with E-state index < -0.39 is 16.9 Å². The summed E-state index contributed by atoms with van der Waals surface area (Å²) in [5, 5.41) is 11.8. The van der Waals surface area contributed by atoms with Crippen molar-refractivity contribution in [2.75, 3.05) is 46.0 Å². The van der Waals surface area contributed by atoms with Gasteiger partial charge in [0.15, 0.2) is 5.43 Å². The first-order valence-electron chi connectivity index (χ1n) is 12.1. The van der Waals surface area contributed by atoms with Gasteiger partial charge < -0.3 is 18.8 Å². The number of fused-ring (bicyclic) bond motifs is 2. The monoisotopic (exact) mass is 493 g/mol. The van der Waals surface area contributed by atoms with Crippen LogP contribution in [0, 0.1) is 10.1 Å². The van der Waals surface area contributed by atoms with E-state index in [1.807, 2.05) is 6.92 Å². The standard InChI is InChI=1S/C26H27N3O7/c1-2-35-19-7-8-20-21(16-19)36-25-22(24(20)30)23(17-5-3-6-18(15-17)29(32)33)28(26(25)31)10-4-9-27-11-13-34-14-12-27/h3,5-8,15-16,23H,2,4,9-14H2,1H3. The topological polar surface area (TPSA) is 115 Å². The number of amides is 1. The number of nitro groups is 1. The smallest absolute Gasteiger partial charge is 0.290 e. The van der Waals surface area contributed by atoms with Crippen LogP contribution in [0.15, 0.2) is 51.7 Å². The molecule has 188 valence electrons. The molecule has 0 spiro atoms. The number of hydrogen-bond acceptors (Lipinski definition) is 8. The molecule has 1 saturated heterocycles. The third-order valence-corrected chi connectivity index (χ3v) is 6.62. The predicted molar refractivity (Wildman–Crippen MR) is 132 cm³/mol. The van der Waals surface area contributed by atoms with Crippen molar-refractivity contribution in [3.05, 3.63) is 79.7 Å². The Morgan fingerprint density at radius 1 is 1.11 bits per heavy atom. The van der Waals surface area contributed by atoms with Crippen LogP contribution >= 0.6 is 0 Å². The van der Waals surface area contributed by atoms with Crippen LogP contribution in [0.3, 0.4) is 0 Å². The number of morpholine rings is 1. The van der Waals surface area contributed by atoms with Crippen molar-refractivity contribution < 1.29 is 23.6 Å². The zero-order valence-corrected chi connectivity index (χ0v) is 20.0. The highest BCUT2D eigenvalue weighted by atomic mass is 16.6. The van der Waals surface area contributed by atoms with Gasteiger partial charge in [-0.2, -0.15) is 0 Å². The van der Waals surface area contributed by atoms with Crippen molar-refractivity contribution in [2.24, 2.45) is 0 Å². The van der Waals surface area contributed by atoms with Crippen molar-refractivity contribution in [2.45, 2.75) is 19.4 Å². The van der Waals surface area contributed by atoms with Gasteiger partial charge in [0.1, 0.15) is 11.3 Å². The van der Waals surface area contributed by atoms with Crippen LogP contribution in [0.1, 0.15) is 41.1 Å². The summed E-state index contributed by atoms with van der Waals surface area (Å²) < 4.78 is 16.9. The molecular formula is C26H27N3O7. The van der Waals surface area contributed by atoms with Gasteiger partial charge in [-0.25, -0.2) is 0 Å². The molecule has 0 aliphatic carbocycles. The minimum Gasteiger partial charge on any atom is -0.494 e. The maximum atomic E-state index is 13.7. The second-order valence-corrected chi connectivity index (χ2v) is 8.83. The van der Waals surface area contributed by atoms with Crippen LogP contribution in [-0.2, 0) is 4.74 Å². The average molecular weight is 494 g/mol. The second kappa shape index (κ2) is 10.1. The molecule has 1 unspecified atom stereocenters. The van der Waals surface area contributed by atoms with Crippen LogP contribution in [0.4, 0.5) is 5.69 Å². The van der Waals surface area contributed by atoms with Crippen LogP contribution < -0.4 is 10.2 Å². The van der Waals surface area contributed by atoms with Gasteiger partial charge in [0.05, 0.1) is 41.7 Å². The molecule has 1 fully saturated rings. The molecule has 0 bridgehead atoms. The minimum absolute atomic E-state index is 0.0240. The van der Waals surface area contributed by atoms with E-state index in [9.17, 15) is 19.7 Å². The van der Waals surface area contributed by atoms with Gasteiger partial charge >= 0.3 is 0 Å². The van der Waals surface area contributed by atoms with Gasteiger partial charge in [-0.05, 0) is 31.0 Å². The molecule has 2 aromatic carbocycles. The average Bonchev–Trinajstić information content (AvgIpc) is 3.16. The van der Waals surface area contributed by atoms with Crippen LogP contribution in [0.25, 0.3) is 11.0 Å². The lowest BCUT2D eigenvalue weighted by atomic mass is 9.98. The summed E-state index contributed by atoms with van der Waals surface area (Å²) in [6.07, 6.45) is 0.674. The van der Waals surface area contributed by atoms with Crippen LogP contribution in [0.5, 0.6) is 5.75 Å². The van der Waals surface area contributed by atoms with E-state index in [1.165, 1.54) is 12.1 Å². The highest BCUT2D eigenvalue weighted by molar-refractivity contribution is 5.99. The molecule has 36 heavy (non-hydrogen) atoms. The SMILES string of the molecule is CCOc1ccc2c(=O)c3c(oc2c1)C(=O)N(CCCN1CCOCC1)C3c1cccc([N+](=O)[O-])c1. The Bertz CT molecular complexity index is 1360. The van der Waals surface area contributed by atoms with Crippen molar-refractivity contribution in [3.63, 3.8) is 0 Å². The quantitative estimate of drug-likeness (QED) is 0.347. The number of carbonyl (C=O) groups is 1. The minimum atomic E-state index is -0.774. The molecule has 3 heterocycles. The number of nitrogens with zero attached hydrogens (tertiary/aromatic N) is 3. The van der Waals surface area contributed by atoms with Crippen molar-refractivity contribution >= 4 is 22.6 Å². The van der Waals surface area contributed by atoms with Crippen molar-refractivity contribution in [3.8, 4) is 5.75 Å². The fraction of sp³-hybridized carbons (Fsp3) is 0.385. The molecule has 2 aliphatic heterocycles.